The second-order valence-corrected chi connectivity index (χ2v) is 11.3. The van der Waals surface area contributed by atoms with E-state index < -0.39 is 5.97 Å². The molecule has 0 aliphatic heterocycles. The molecule has 42 heavy (non-hydrogen) atoms. The Morgan fingerprint density at radius 2 is 1.76 bits per heavy atom. The predicted molar refractivity (Wildman–Crippen MR) is 168 cm³/mol. The van der Waals surface area contributed by atoms with Gasteiger partial charge in [0.25, 0.3) is 0 Å². The highest BCUT2D eigenvalue weighted by Gasteiger charge is 2.17. The minimum atomic E-state index is -0.833. The molecular weight excluding hydrogens is 522 g/mol. The maximum atomic E-state index is 10.8. The second kappa shape index (κ2) is 13.8. The zero-order valence-electron chi connectivity index (χ0n) is 25.1. The number of aliphatic carboxylic acids is 1. The average Bonchev–Trinajstić information content (AvgIpc) is 2.95. The van der Waals surface area contributed by atoms with E-state index in [0.29, 0.717) is 43.3 Å². The third-order valence-corrected chi connectivity index (χ3v) is 7.33. The van der Waals surface area contributed by atoms with E-state index in [4.69, 9.17) is 14.8 Å². The molecule has 0 aliphatic rings. The summed E-state index contributed by atoms with van der Waals surface area (Å²) >= 11 is 0. The second-order valence-electron chi connectivity index (χ2n) is 11.3. The highest BCUT2D eigenvalue weighted by atomic mass is 16.5. The van der Waals surface area contributed by atoms with E-state index in [1.165, 1.54) is 33.4 Å². The van der Waals surface area contributed by atoms with Gasteiger partial charge in [-0.1, -0.05) is 61.9 Å². The first-order chi connectivity index (χ1) is 20.1. The SMILES string of the molecule is Cc1cc(C#N)cc(CN(Cc2cc(C)ccc2-c2cc(C(C)C)ccc2C)c2ccc(OCCCC(=O)O)cn2)c1. The van der Waals surface area contributed by atoms with Crippen LogP contribution in [0.1, 0.15) is 71.6 Å². The molecule has 0 saturated heterocycles. The quantitative estimate of drug-likeness (QED) is 0.176. The maximum Gasteiger partial charge on any atom is 0.303 e. The lowest BCUT2D eigenvalue weighted by Crippen LogP contribution is -2.24. The van der Waals surface area contributed by atoms with Crippen molar-refractivity contribution in [3.8, 4) is 22.9 Å². The van der Waals surface area contributed by atoms with Crippen LogP contribution in [0.3, 0.4) is 0 Å². The number of carboxylic acids is 1. The first kappa shape index (κ1) is 30.3. The van der Waals surface area contributed by atoms with Gasteiger partial charge in [0, 0.05) is 19.5 Å². The number of anilines is 1. The summed E-state index contributed by atoms with van der Waals surface area (Å²) in [5.74, 6) is 0.983. The largest absolute Gasteiger partial charge is 0.492 e. The first-order valence-electron chi connectivity index (χ1n) is 14.4. The molecule has 0 unspecified atom stereocenters. The molecule has 0 saturated carbocycles. The third kappa shape index (κ3) is 7.98. The topological polar surface area (TPSA) is 86.5 Å². The Bertz CT molecular complexity index is 1590. The summed E-state index contributed by atoms with van der Waals surface area (Å²) in [5, 5.41) is 18.5. The Balaban J connectivity index is 1.71. The zero-order valence-corrected chi connectivity index (χ0v) is 25.1. The molecule has 0 atom stereocenters. The van der Waals surface area contributed by atoms with Crippen LogP contribution in [-0.4, -0.2) is 22.7 Å². The number of benzene rings is 3. The number of nitriles is 1. The number of hydrogen-bond donors (Lipinski definition) is 1. The van der Waals surface area contributed by atoms with Gasteiger partial charge < -0.3 is 14.7 Å². The van der Waals surface area contributed by atoms with Crippen molar-refractivity contribution in [2.45, 2.75) is 66.5 Å². The third-order valence-electron chi connectivity index (χ3n) is 7.33. The monoisotopic (exact) mass is 561 g/mol. The molecular formula is C36H39N3O3. The van der Waals surface area contributed by atoms with Crippen molar-refractivity contribution in [1.82, 2.24) is 4.98 Å². The minimum Gasteiger partial charge on any atom is -0.492 e. The summed E-state index contributed by atoms with van der Waals surface area (Å²) < 4.78 is 5.73. The number of pyridine rings is 1. The van der Waals surface area contributed by atoms with Gasteiger partial charge in [-0.25, -0.2) is 4.98 Å². The average molecular weight is 562 g/mol. The number of hydrogen-bond acceptors (Lipinski definition) is 5. The molecule has 0 aliphatic carbocycles. The lowest BCUT2D eigenvalue weighted by molar-refractivity contribution is -0.137. The highest BCUT2D eigenvalue weighted by Crippen LogP contribution is 2.33. The van der Waals surface area contributed by atoms with Gasteiger partial charge in [0.2, 0.25) is 0 Å². The maximum absolute atomic E-state index is 10.8. The summed E-state index contributed by atoms with van der Waals surface area (Å²) in [6.07, 6.45) is 2.19. The molecule has 6 heteroatoms. The number of aryl methyl sites for hydroxylation is 3. The van der Waals surface area contributed by atoms with Gasteiger partial charge in [0.1, 0.15) is 11.6 Å². The lowest BCUT2D eigenvalue weighted by Gasteiger charge is -2.26. The number of carbonyl (C=O) groups is 1. The highest BCUT2D eigenvalue weighted by molar-refractivity contribution is 5.72. The number of nitrogens with zero attached hydrogens (tertiary/aromatic N) is 3. The number of ether oxygens (including phenoxy) is 1. The van der Waals surface area contributed by atoms with Crippen LogP contribution < -0.4 is 9.64 Å². The van der Waals surface area contributed by atoms with Gasteiger partial charge in [0.15, 0.2) is 0 Å². The van der Waals surface area contributed by atoms with Gasteiger partial charge in [-0.05, 0) is 96.3 Å². The minimum absolute atomic E-state index is 0.0683. The Hall–Kier alpha value is -4.63. The Labute approximate surface area is 249 Å². The van der Waals surface area contributed by atoms with Gasteiger partial charge >= 0.3 is 5.97 Å². The van der Waals surface area contributed by atoms with Crippen LogP contribution in [0.15, 0.2) is 72.9 Å². The van der Waals surface area contributed by atoms with E-state index in [2.05, 4.69) is 81.1 Å². The molecule has 0 radical (unpaired) electrons. The number of rotatable bonds is 12. The molecule has 216 valence electrons. The van der Waals surface area contributed by atoms with Crippen LogP contribution in [0.2, 0.25) is 0 Å². The lowest BCUT2D eigenvalue weighted by atomic mass is 9.90. The standard InChI is InChI=1S/C36H39N3O3/c1-24(2)30-10-9-27(5)34(19-30)33-12-8-25(3)17-31(33)23-39(22-29-16-26(4)15-28(18-29)20-37)35-13-11-32(21-38-35)42-14-6-7-36(40)41/h8-13,15-19,21,24H,6-7,14,22-23H2,1-5H3,(H,40,41). The fourth-order valence-electron chi connectivity index (χ4n) is 5.13. The van der Waals surface area contributed by atoms with Crippen molar-refractivity contribution in [3.63, 3.8) is 0 Å². The molecule has 4 aromatic rings. The van der Waals surface area contributed by atoms with Gasteiger partial charge in [0.05, 0.1) is 24.4 Å². The zero-order chi connectivity index (χ0) is 30.2. The molecule has 1 heterocycles. The van der Waals surface area contributed by atoms with Crippen molar-refractivity contribution >= 4 is 11.8 Å². The Morgan fingerprint density at radius 1 is 0.952 bits per heavy atom. The van der Waals surface area contributed by atoms with Crippen LogP contribution in [0.5, 0.6) is 5.75 Å². The van der Waals surface area contributed by atoms with Crippen molar-refractivity contribution < 1.29 is 14.6 Å². The summed E-state index contributed by atoms with van der Waals surface area (Å²) in [7, 11) is 0. The van der Waals surface area contributed by atoms with Crippen LogP contribution >= 0.6 is 0 Å². The van der Waals surface area contributed by atoms with E-state index in [1.807, 2.05) is 31.2 Å². The summed E-state index contributed by atoms with van der Waals surface area (Å²) in [5.41, 5.74) is 10.1. The normalized spacial score (nSPS) is 10.9. The van der Waals surface area contributed by atoms with Crippen LogP contribution in [0, 0.1) is 32.1 Å². The van der Waals surface area contributed by atoms with E-state index in [0.717, 1.165) is 16.9 Å². The molecule has 6 nitrogen and oxygen atoms in total. The van der Waals surface area contributed by atoms with Crippen LogP contribution in [-0.2, 0) is 17.9 Å². The smallest absolute Gasteiger partial charge is 0.303 e. The molecule has 0 spiro atoms. The Morgan fingerprint density at radius 3 is 2.45 bits per heavy atom. The van der Waals surface area contributed by atoms with Crippen LogP contribution in [0.4, 0.5) is 5.82 Å². The Kier molecular flexibility index (Phi) is 9.98. The van der Waals surface area contributed by atoms with Crippen molar-refractivity contribution in [1.29, 1.82) is 5.26 Å². The number of carboxylic acid groups (broad SMARTS) is 1. The molecule has 3 aromatic carbocycles. The van der Waals surface area contributed by atoms with E-state index in [-0.39, 0.29) is 6.42 Å². The fourth-order valence-corrected chi connectivity index (χ4v) is 5.13. The van der Waals surface area contributed by atoms with Crippen LogP contribution in [0.25, 0.3) is 11.1 Å². The first-order valence-corrected chi connectivity index (χ1v) is 14.4. The van der Waals surface area contributed by atoms with Crippen molar-refractivity contribution in [2.24, 2.45) is 0 Å². The van der Waals surface area contributed by atoms with E-state index in [1.54, 1.807) is 6.20 Å². The molecule has 1 N–H and O–H groups in total. The van der Waals surface area contributed by atoms with Gasteiger partial charge in [-0.3, -0.25) is 4.79 Å². The molecule has 0 amide bonds. The van der Waals surface area contributed by atoms with E-state index in [9.17, 15) is 10.1 Å². The molecule has 4 rings (SSSR count). The van der Waals surface area contributed by atoms with Crippen molar-refractivity contribution in [2.75, 3.05) is 11.5 Å². The summed E-state index contributed by atoms with van der Waals surface area (Å²) in [4.78, 5) is 17.8. The predicted octanol–water partition coefficient (Wildman–Crippen LogP) is 8.12. The summed E-state index contributed by atoms with van der Waals surface area (Å²) in [6.45, 7) is 12.2. The number of aromatic nitrogens is 1. The molecule has 1 aromatic heterocycles. The van der Waals surface area contributed by atoms with Gasteiger partial charge in [-0.2, -0.15) is 5.26 Å². The molecule has 0 fully saturated rings. The van der Waals surface area contributed by atoms with Gasteiger partial charge in [-0.15, -0.1) is 0 Å². The van der Waals surface area contributed by atoms with Crippen molar-refractivity contribution in [3.05, 3.63) is 112 Å². The molecule has 0 bridgehead atoms. The summed E-state index contributed by atoms with van der Waals surface area (Å²) in [6, 6.07) is 25.4. The fraction of sp³-hybridized carbons (Fsp3) is 0.306. The van der Waals surface area contributed by atoms with E-state index >= 15 is 0 Å².